The number of nitrogens with one attached hydrogen (secondary N) is 1. The molecule has 18 heavy (non-hydrogen) atoms. The van der Waals surface area contributed by atoms with Crippen LogP contribution in [0, 0.1) is 0 Å². The molecular formula is C13H17NO3Se. The minimum atomic E-state index is -0.958. The molecule has 1 aromatic rings. The first kappa shape index (κ1) is 14.7. The second-order valence-electron chi connectivity index (χ2n) is 3.92. The van der Waals surface area contributed by atoms with Gasteiger partial charge in [0, 0.05) is 0 Å². The van der Waals surface area contributed by atoms with Crippen molar-refractivity contribution in [1.29, 1.82) is 0 Å². The van der Waals surface area contributed by atoms with Crippen LogP contribution in [0.2, 0.25) is 5.32 Å². The van der Waals surface area contributed by atoms with Crippen LogP contribution in [0.3, 0.4) is 0 Å². The van der Waals surface area contributed by atoms with Crippen LogP contribution in [0.25, 0.3) is 0 Å². The van der Waals surface area contributed by atoms with Gasteiger partial charge in [-0.25, -0.2) is 0 Å². The number of amides is 1. The summed E-state index contributed by atoms with van der Waals surface area (Å²) in [5, 5.41) is 13.2. The minimum absolute atomic E-state index is 0.294. The summed E-state index contributed by atoms with van der Waals surface area (Å²) in [6, 6.07) is 9.38. The molecule has 4 nitrogen and oxygen atoms in total. The van der Waals surface area contributed by atoms with Crippen molar-refractivity contribution in [3.05, 3.63) is 35.9 Å². The monoisotopic (exact) mass is 315 g/mol. The van der Waals surface area contributed by atoms with E-state index in [1.807, 2.05) is 18.2 Å². The quantitative estimate of drug-likeness (QED) is 0.589. The molecule has 0 aliphatic carbocycles. The van der Waals surface area contributed by atoms with Gasteiger partial charge in [-0.3, -0.25) is 0 Å². The summed E-state index contributed by atoms with van der Waals surface area (Å²) < 4.78 is 0. The molecule has 0 unspecified atom stereocenters. The fourth-order valence-electron chi connectivity index (χ4n) is 1.47. The Morgan fingerprint density at radius 1 is 1.33 bits per heavy atom. The molecule has 0 saturated carbocycles. The maximum atomic E-state index is 10.9. The Morgan fingerprint density at radius 2 is 2.00 bits per heavy atom. The summed E-state index contributed by atoms with van der Waals surface area (Å²) in [5.74, 6) is -1.25. The van der Waals surface area contributed by atoms with E-state index in [0.29, 0.717) is 21.4 Å². The van der Waals surface area contributed by atoms with Crippen LogP contribution in [-0.2, 0) is 14.9 Å². The fraction of sp³-hybridized carbons (Fsp3) is 0.385. The molecule has 0 radical (unpaired) electrons. The predicted octanol–water partition coefficient (Wildman–Crippen LogP) is 1.29. The van der Waals surface area contributed by atoms with Crippen molar-refractivity contribution in [2.24, 2.45) is 0 Å². The average molecular weight is 314 g/mol. The number of carboxylic acid groups (broad SMARTS) is 1. The number of hydrogen-bond acceptors (Lipinski definition) is 2. The van der Waals surface area contributed by atoms with Crippen molar-refractivity contribution in [2.75, 3.05) is 0 Å². The maximum absolute atomic E-state index is 10.9. The van der Waals surface area contributed by atoms with Crippen molar-refractivity contribution >= 4 is 26.8 Å². The second kappa shape index (κ2) is 7.90. The van der Waals surface area contributed by atoms with Crippen LogP contribution in [0.5, 0.6) is 0 Å². The molecule has 98 valence electrons. The number of benzene rings is 1. The van der Waals surface area contributed by atoms with E-state index in [1.54, 1.807) is 0 Å². The Balaban J connectivity index is 2.27. The van der Waals surface area contributed by atoms with Gasteiger partial charge in [-0.2, -0.15) is 0 Å². The van der Waals surface area contributed by atoms with Gasteiger partial charge in [0.25, 0.3) is 0 Å². The van der Waals surface area contributed by atoms with Crippen molar-refractivity contribution in [3.8, 4) is 0 Å². The molecule has 0 aliphatic rings. The first-order valence-corrected chi connectivity index (χ1v) is 8.13. The molecule has 2 N–H and O–H groups in total. The second-order valence-corrected chi connectivity index (χ2v) is 6.24. The van der Waals surface area contributed by atoms with Crippen LogP contribution in [-0.4, -0.2) is 38.0 Å². The van der Waals surface area contributed by atoms with Crippen LogP contribution in [0.1, 0.15) is 18.9 Å². The SMILES string of the molecule is CC(=O)N[C@H](CC[Se]Cc1ccccc1)C(=O)O. The molecule has 0 aromatic heterocycles. The Morgan fingerprint density at radius 3 is 2.56 bits per heavy atom. The van der Waals surface area contributed by atoms with E-state index in [1.165, 1.54) is 12.5 Å². The molecule has 0 bridgehead atoms. The molecular weight excluding hydrogens is 297 g/mol. The van der Waals surface area contributed by atoms with Gasteiger partial charge in [0.05, 0.1) is 0 Å². The molecule has 5 heteroatoms. The zero-order valence-corrected chi connectivity index (χ0v) is 12.0. The van der Waals surface area contributed by atoms with E-state index in [4.69, 9.17) is 5.11 Å². The van der Waals surface area contributed by atoms with Gasteiger partial charge in [-0.05, 0) is 0 Å². The molecule has 1 atom stereocenters. The standard InChI is InChI=1S/C13H17NO3Se/c1-10(15)14-12(13(16)17)7-8-18-9-11-5-3-2-4-6-11/h2-6,12H,7-9H2,1H3,(H,14,15)(H,16,17)/t12-/m1/s1. The summed E-state index contributed by atoms with van der Waals surface area (Å²) in [5.41, 5.74) is 1.28. The van der Waals surface area contributed by atoms with Gasteiger partial charge in [0.1, 0.15) is 0 Å². The van der Waals surface area contributed by atoms with Gasteiger partial charge < -0.3 is 0 Å². The average Bonchev–Trinajstić information content (AvgIpc) is 2.33. The molecule has 0 heterocycles. The van der Waals surface area contributed by atoms with Gasteiger partial charge >= 0.3 is 113 Å². The normalized spacial score (nSPS) is 11.8. The fourth-order valence-corrected chi connectivity index (χ4v) is 3.51. The van der Waals surface area contributed by atoms with E-state index in [2.05, 4.69) is 17.4 Å². The van der Waals surface area contributed by atoms with Gasteiger partial charge in [0.15, 0.2) is 0 Å². The summed E-state index contributed by atoms with van der Waals surface area (Å²) in [6.07, 6.45) is 0.502. The third-order valence-corrected chi connectivity index (χ3v) is 4.57. The van der Waals surface area contributed by atoms with Crippen molar-refractivity contribution in [3.63, 3.8) is 0 Å². The molecule has 0 aliphatic heterocycles. The third kappa shape index (κ3) is 5.84. The van der Waals surface area contributed by atoms with Crippen LogP contribution in [0.15, 0.2) is 30.3 Å². The first-order valence-electron chi connectivity index (χ1n) is 5.71. The van der Waals surface area contributed by atoms with Crippen LogP contribution in [0.4, 0.5) is 0 Å². The van der Waals surface area contributed by atoms with Crippen molar-refractivity contribution in [2.45, 2.75) is 30.0 Å². The topological polar surface area (TPSA) is 66.4 Å². The first-order chi connectivity index (χ1) is 8.59. The van der Waals surface area contributed by atoms with E-state index in [-0.39, 0.29) is 5.91 Å². The Labute approximate surface area is 113 Å². The number of hydrogen-bond donors (Lipinski definition) is 2. The third-order valence-electron chi connectivity index (χ3n) is 2.34. The summed E-state index contributed by atoms with van der Waals surface area (Å²) in [4.78, 5) is 21.7. The van der Waals surface area contributed by atoms with E-state index in [9.17, 15) is 9.59 Å². The summed E-state index contributed by atoms with van der Waals surface area (Å²) in [7, 11) is 0. The number of carboxylic acids is 1. The number of rotatable bonds is 7. The molecule has 1 amide bonds. The molecule has 0 fully saturated rings. The van der Waals surface area contributed by atoms with Crippen LogP contribution < -0.4 is 5.32 Å². The van der Waals surface area contributed by atoms with E-state index >= 15 is 0 Å². The number of carbonyl (C=O) groups is 2. The number of aliphatic carboxylic acids is 1. The van der Waals surface area contributed by atoms with Crippen LogP contribution >= 0.6 is 0 Å². The summed E-state index contributed by atoms with van der Waals surface area (Å²) >= 11 is 0.369. The Kier molecular flexibility index (Phi) is 6.47. The zero-order chi connectivity index (χ0) is 13.4. The van der Waals surface area contributed by atoms with Gasteiger partial charge in [-0.15, -0.1) is 0 Å². The van der Waals surface area contributed by atoms with E-state index in [0.717, 1.165) is 10.6 Å². The Hall–Kier alpha value is -1.32. The number of carbonyl (C=O) groups excluding carboxylic acids is 1. The molecule has 1 aromatic carbocycles. The van der Waals surface area contributed by atoms with Crippen molar-refractivity contribution in [1.82, 2.24) is 5.32 Å². The summed E-state index contributed by atoms with van der Waals surface area (Å²) in [6.45, 7) is 1.34. The van der Waals surface area contributed by atoms with Crippen molar-refractivity contribution < 1.29 is 14.7 Å². The van der Waals surface area contributed by atoms with Gasteiger partial charge in [-0.1, -0.05) is 0 Å². The molecule has 0 spiro atoms. The Bertz CT molecular complexity index is 394. The van der Waals surface area contributed by atoms with E-state index < -0.39 is 12.0 Å². The molecule has 1 rings (SSSR count). The predicted molar refractivity (Wildman–Crippen MR) is 70.6 cm³/mol. The molecule has 0 saturated heterocycles. The van der Waals surface area contributed by atoms with Gasteiger partial charge in [0.2, 0.25) is 0 Å². The zero-order valence-electron chi connectivity index (χ0n) is 10.3.